The van der Waals surface area contributed by atoms with Crippen LogP contribution in [-0.4, -0.2) is 11.9 Å². The molecule has 1 aliphatic carbocycles. The summed E-state index contributed by atoms with van der Waals surface area (Å²) in [5.41, 5.74) is 8.32. The molecule has 0 aromatic heterocycles. The minimum Gasteiger partial charge on any atom is -0.349 e. The molecule has 3 nitrogen and oxygen atoms in total. The number of carbonyl (C=O) groups is 1. The van der Waals surface area contributed by atoms with Crippen LogP contribution >= 0.6 is 0 Å². The topological polar surface area (TPSA) is 55.1 Å². The predicted molar refractivity (Wildman–Crippen MR) is 73.1 cm³/mol. The quantitative estimate of drug-likeness (QED) is 0.859. The lowest BCUT2D eigenvalue weighted by atomic mass is 10.0. The van der Waals surface area contributed by atoms with Crippen molar-refractivity contribution in [2.45, 2.75) is 45.2 Å². The van der Waals surface area contributed by atoms with Gasteiger partial charge in [0, 0.05) is 6.04 Å². The Hall–Kier alpha value is -1.35. The Morgan fingerprint density at radius 1 is 1.44 bits per heavy atom. The lowest BCUT2D eigenvalue weighted by molar-refractivity contribution is -0.125. The third kappa shape index (κ3) is 2.91. The summed E-state index contributed by atoms with van der Waals surface area (Å²) in [6, 6.07) is 8.32. The average Bonchev–Trinajstić information content (AvgIpc) is 2.75. The molecule has 1 fully saturated rings. The van der Waals surface area contributed by atoms with Crippen LogP contribution in [-0.2, 0) is 4.79 Å². The molecule has 0 aliphatic heterocycles. The lowest BCUT2D eigenvalue weighted by Crippen LogP contribution is -2.39. The van der Waals surface area contributed by atoms with Gasteiger partial charge in [-0.1, -0.05) is 36.2 Å². The maximum atomic E-state index is 12.1. The van der Waals surface area contributed by atoms with Crippen LogP contribution in [0.4, 0.5) is 0 Å². The van der Waals surface area contributed by atoms with Crippen molar-refractivity contribution in [1.82, 2.24) is 5.32 Å². The molecule has 0 heterocycles. The number of aryl methyl sites for hydroxylation is 1. The van der Waals surface area contributed by atoms with E-state index in [-0.39, 0.29) is 23.9 Å². The van der Waals surface area contributed by atoms with Crippen molar-refractivity contribution in [3.63, 3.8) is 0 Å². The van der Waals surface area contributed by atoms with Crippen LogP contribution in [0.15, 0.2) is 24.3 Å². The highest BCUT2D eigenvalue weighted by Crippen LogP contribution is 2.25. The van der Waals surface area contributed by atoms with Crippen molar-refractivity contribution in [3.05, 3.63) is 35.4 Å². The smallest absolute Gasteiger partial charge is 0.225 e. The molecule has 3 heteroatoms. The summed E-state index contributed by atoms with van der Waals surface area (Å²) < 4.78 is 0. The van der Waals surface area contributed by atoms with Gasteiger partial charge in [0.1, 0.15) is 0 Å². The molecule has 1 aliphatic rings. The van der Waals surface area contributed by atoms with E-state index in [9.17, 15) is 4.79 Å². The zero-order valence-corrected chi connectivity index (χ0v) is 11.1. The highest BCUT2D eigenvalue weighted by molar-refractivity contribution is 5.80. The van der Waals surface area contributed by atoms with Crippen LogP contribution < -0.4 is 11.1 Å². The summed E-state index contributed by atoms with van der Waals surface area (Å²) in [4.78, 5) is 12.1. The van der Waals surface area contributed by atoms with E-state index in [1.54, 1.807) is 0 Å². The standard InChI is InChI=1S/C15H22N2O/c1-10-5-3-6-12(9-10)11(2)17-15(18)13-7-4-8-14(13)16/h3,5-6,9,11,13-14H,4,7-8,16H2,1-2H3,(H,17,18)/t11-,13?,14?/m1/s1. The van der Waals surface area contributed by atoms with Crippen molar-refractivity contribution in [1.29, 1.82) is 0 Å². The zero-order chi connectivity index (χ0) is 13.1. The molecular formula is C15H22N2O. The van der Waals surface area contributed by atoms with Gasteiger partial charge in [-0.15, -0.1) is 0 Å². The number of hydrogen-bond acceptors (Lipinski definition) is 2. The third-order valence-corrected chi connectivity index (χ3v) is 3.81. The number of hydrogen-bond donors (Lipinski definition) is 2. The Morgan fingerprint density at radius 2 is 2.22 bits per heavy atom. The second-order valence-corrected chi connectivity index (χ2v) is 5.35. The molecule has 2 unspecified atom stereocenters. The van der Waals surface area contributed by atoms with Crippen LogP contribution in [0.3, 0.4) is 0 Å². The number of nitrogens with one attached hydrogen (secondary N) is 1. The van der Waals surface area contributed by atoms with E-state index in [0.717, 1.165) is 24.8 Å². The lowest BCUT2D eigenvalue weighted by Gasteiger charge is -2.20. The number of amides is 1. The fourth-order valence-electron chi connectivity index (χ4n) is 2.66. The molecule has 3 atom stereocenters. The fraction of sp³-hybridized carbons (Fsp3) is 0.533. The van der Waals surface area contributed by atoms with Gasteiger partial charge in [-0.05, 0) is 32.3 Å². The normalized spacial score (nSPS) is 24.8. The molecule has 1 saturated carbocycles. The molecule has 1 amide bonds. The highest BCUT2D eigenvalue weighted by Gasteiger charge is 2.30. The molecule has 3 N–H and O–H groups in total. The molecule has 2 rings (SSSR count). The van der Waals surface area contributed by atoms with Crippen molar-refractivity contribution in [3.8, 4) is 0 Å². The molecule has 18 heavy (non-hydrogen) atoms. The molecular weight excluding hydrogens is 224 g/mol. The molecule has 0 bridgehead atoms. The summed E-state index contributed by atoms with van der Waals surface area (Å²) in [5.74, 6) is 0.103. The monoisotopic (exact) mass is 246 g/mol. The van der Waals surface area contributed by atoms with Crippen LogP contribution in [0, 0.1) is 12.8 Å². The summed E-state index contributed by atoms with van der Waals surface area (Å²) in [7, 11) is 0. The molecule has 98 valence electrons. The highest BCUT2D eigenvalue weighted by atomic mass is 16.2. The summed E-state index contributed by atoms with van der Waals surface area (Å²) in [5, 5.41) is 3.08. The zero-order valence-electron chi connectivity index (χ0n) is 11.1. The van der Waals surface area contributed by atoms with Gasteiger partial charge in [0.2, 0.25) is 5.91 Å². The van der Waals surface area contributed by atoms with Gasteiger partial charge in [0.15, 0.2) is 0 Å². The maximum Gasteiger partial charge on any atom is 0.225 e. The fourth-order valence-corrected chi connectivity index (χ4v) is 2.66. The number of carbonyl (C=O) groups excluding carboxylic acids is 1. The second-order valence-electron chi connectivity index (χ2n) is 5.35. The summed E-state index contributed by atoms with van der Waals surface area (Å²) >= 11 is 0. The minimum atomic E-state index is -0.00254. The summed E-state index contributed by atoms with van der Waals surface area (Å²) in [6.07, 6.45) is 2.96. The van der Waals surface area contributed by atoms with E-state index >= 15 is 0 Å². The van der Waals surface area contributed by atoms with Gasteiger partial charge in [0.05, 0.1) is 12.0 Å². The second kappa shape index (κ2) is 5.53. The number of rotatable bonds is 3. The van der Waals surface area contributed by atoms with Gasteiger partial charge in [-0.3, -0.25) is 4.79 Å². The van der Waals surface area contributed by atoms with E-state index < -0.39 is 0 Å². The van der Waals surface area contributed by atoms with E-state index in [0.29, 0.717) is 0 Å². The largest absolute Gasteiger partial charge is 0.349 e. The average molecular weight is 246 g/mol. The molecule has 0 saturated heterocycles. The third-order valence-electron chi connectivity index (χ3n) is 3.81. The SMILES string of the molecule is Cc1cccc([C@@H](C)NC(=O)C2CCCC2N)c1. The van der Waals surface area contributed by atoms with Crippen molar-refractivity contribution >= 4 is 5.91 Å². The van der Waals surface area contributed by atoms with Crippen LogP contribution in [0.1, 0.15) is 43.4 Å². The van der Waals surface area contributed by atoms with Gasteiger partial charge in [0.25, 0.3) is 0 Å². The van der Waals surface area contributed by atoms with E-state index in [2.05, 4.69) is 24.4 Å². The van der Waals surface area contributed by atoms with E-state index in [1.807, 2.05) is 19.1 Å². The Bertz CT molecular complexity index is 430. The van der Waals surface area contributed by atoms with Gasteiger partial charge < -0.3 is 11.1 Å². The van der Waals surface area contributed by atoms with Crippen molar-refractivity contribution < 1.29 is 4.79 Å². The first kappa shape index (κ1) is 13.1. The van der Waals surface area contributed by atoms with Crippen molar-refractivity contribution in [2.75, 3.05) is 0 Å². The molecule has 1 aromatic carbocycles. The van der Waals surface area contributed by atoms with E-state index in [1.165, 1.54) is 5.56 Å². The summed E-state index contributed by atoms with van der Waals surface area (Å²) in [6.45, 7) is 4.08. The van der Waals surface area contributed by atoms with Crippen LogP contribution in [0.2, 0.25) is 0 Å². The van der Waals surface area contributed by atoms with Gasteiger partial charge in [-0.2, -0.15) is 0 Å². The van der Waals surface area contributed by atoms with E-state index in [4.69, 9.17) is 5.73 Å². The first-order valence-electron chi connectivity index (χ1n) is 6.70. The molecule has 0 radical (unpaired) electrons. The molecule has 0 spiro atoms. The maximum absolute atomic E-state index is 12.1. The Labute approximate surface area is 109 Å². The van der Waals surface area contributed by atoms with Crippen LogP contribution in [0.5, 0.6) is 0 Å². The molecule has 1 aromatic rings. The first-order chi connectivity index (χ1) is 8.58. The first-order valence-corrected chi connectivity index (χ1v) is 6.70. The minimum absolute atomic E-state index is 0.00254. The Kier molecular flexibility index (Phi) is 4.02. The van der Waals surface area contributed by atoms with Gasteiger partial charge in [-0.25, -0.2) is 0 Å². The van der Waals surface area contributed by atoms with Crippen molar-refractivity contribution in [2.24, 2.45) is 11.7 Å². The Morgan fingerprint density at radius 3 is 2.83 bits per heavy atom. The van der Waals surface area contributed by atoms with Gasteiger partial charge >= 0.3 is 0 Å². The number of nitrogens with two attached hydrogens (primary N) is 1. The number of benzene rings is 1. The Balaban J connectivity index is 1.98. The predicted octanol–water partition coefficient (Wildman–Crippen LogP) is 2.30. The van der Waals surface area contributed by atoms with Crippen LogP contribution in [0.25, 0.3) is 0 Å².